The summed E-state index contributed by atoms with van der Waals surface area (Å²) in [5.74, 6) is 0. The Morgan fingerprint density at radius 2 is 1.95 bits per heavy atom. The first-order valence-electron chi connectivity index (χ1n) is 8.54. The molecule has 0 N–H and O–H groups in total. The minimum atomic E-state index is 0.866. The summed E-state index contributed by atoms with van der Waals surface area (Å²) in [4.78, 5) is 7.17. The normalized spacial score (nSPS) is 16.6. The summed E-state index contributed by atoms with van der Waals surface area (Å²) in [5.41, 5.74) is 5.43. The number of nitrogens with zero attached hydrogens (tertiary/aromatic N) is 2. The minimum absolute atomic E-state index is 0.866. The van der Waals surface area contributed by atoms with Crippen LogP contribution in [0.2, 0.25) is 0 Å². The second-order valence-electron chi connectivity index (χ2n) is 6.16. The van der Waals surface area contributed by atoms with E-state index in [9.17, 15) is 0 Å². The molecule has 0 amide bonds. The van der Waals surface area contributed by atoms with E-state index in [4.69, 9.17) is 0 Å². The third-order valence-electron chi connectivity index (χ3n) is 4.60. The van der Waals surface area contributed by atoms with Crippen molar-refractivity contribution in [2.45, 2.75) is 52.9 Å². The fourth-order valence-corrected chi connectivity index (χ4v) is 3.33. The van der Waals surface area contributed by atoms with Gasteiger partial charge in [-0.25, -0.2) is 0 Å². The minimum Gasteiger partial charge on any atom is -0.303 e. The molecule has 1 aromatic carbocycles. The number of benzene rings is 1. The highest BCUT2D eigenvalue weighted by molar-refractivity contribution is 6.00. The average molecular weight is 286 g/mol. The molecule has 0 atom stereocenters. The van der Waals surface area contributed by atoms with Crippen LogP contribution in [0.3, 0.4) is 0 Å². The van der Waals surface area contributed by atoms with E-state index in [2.05, 4.69) is 48.9 Å². The molecule has 0 bridgehead atoms. The van der Waals surface area contributed by atoms with Crippen LogP contribution in [0, 0.1) is 6.92 Å². The quantitative estimate of drug-likeness (QED) is 0.540. The molecule has 116 valence electrons. The molecule has 1 aliphatic heterocycles. The summed E-state index contributed by atoms with van der Waals surface area (Å²) < 4.78 is 0. The van der Waals surface area contributed by atoms with E-state index < -0.39 is 0 Å². The first-order valence-corrected chi connectivity index (χ1v) is 8.54. The molecule has 1 aliphatic rings. The molecule has 0 aromatic heterocycles. The van der Waals surface area contributed by atoms with Gasteiger partial charge in [0.05, 0.1) is 0 Å². The highest BCUT2D eigenvalue weighted by Gasteiger charge is 2.11. The lowest BCUT2D eigenvalue weighted by Gasteiger charge is -2.15. The maximum atomic E-state index is 4.56. The summed E-state index contributed by atoms with van der Waals surface area (Å²) in [5, 5.41) is 0. The molecule has 0 spiro atoms. The third kappa shape index (κ3) is 4.67. The molecule has 2 heteroatoms. The largest absolute Gasteiger partial charge is 0.303 e. The second-order valence-corrected chi connectivity index (χ2v) is 6.16. The van der Waals surface area contributed by atoms with Gasteiger partial charge in [-0.2, -0.15) is 0 Å². The van der Waals surface area contributed by atoms with Gasteiger partial charge < -0.3 is 4.90 Å². The number of aliphatic imine (C=N–C) groups is 1. The molecule has 0 unspecified atom stereocenters. The van der Waals surface area contributed by atoms with Crippen LogP contribution in [-0.4, -0.2) is 36.8 Å². The van der Waals surface area contributed by atoms with Crippen molar-refractivity contribution >= 4 is 5.71 Å². The molecular formula is C19H30N2. The fourth-order valence-electron chi connectivity index (χ4n) is 3.33. The van der Waals surface area contributed by atoms with Crippen molar-refractivity contribution in [3.05, 3.63) is 34.9 Å². The van der Waals surface area contributed by atoms with Crippen molar-refractivity contribution in [3.8, 4) is 0 Å². The lowest BCUT2D eigenvalue weighted by molar-refractivity contribution is 0.330. The van der Waals surface area contributed by atoms with Crippen LogP contribution in [0.15, 0.2) is 23.2 Å². The SMILES string of the molecule is CCN=C(C)c1cccc(CCCCN2CCCC2)c1C. The van der Waals surface area contributed by atoms with E-state index >= 15 is 0 Å². The smallest absolute Gasteiger partial charge is 0.0392 e. The Kier molecular flexibility index (Phi) is 6.44. The van der Waals surface area contributed by atoms with E-state index in [0.717, 1.165) is 6.54 Å². The zero-order valence-electron chi connectivity index (χ0n) is 14.0. The van der Waals surface area contributed by atoms with Crippen molar-refractivity contribution < 1.29 is 0 Å². The van der Waals surface area contributed by atoms with Crippen molar-refractivity contribution in [2.24, 2.45) is 4.99 Å². The van der Waals surface area contributed by atoms with Crippen LogP contribution in [0.25, 0.3) is 0 Å². The summed E-state index contributed by atoms with van der Waals surface area (Å²) in [6, 6.07) is 6.68. The van der Waals surface area contributed by atoms with E-state index in [-0.39, 0.29) is 0 Å². The number of rotatable bonds is 7. The Hall–Kier alpha value is -1.15. The monoisotopic (exact) mass is 286 g/mol. The van der Waals surface area contributed by atoms with Gasteiger partial charge in [-0.3, -0.25) is 4.99 Å². The van der Waals surface area contributed by atoms with E-state index in [0.29, 0.717) is 0 Å². The van der Waals surface area contributed by atoms with E-state index in [1.54, 1.807) is 0 Å². The Labute approximate surface area is 130 Å². The Morgan fingerprint density at radius 3 is 2.67 bits per heavy atom. The summed E-state index contributed by atoms with van der Waals surface area (Å²) >= 11 is 0. The number of unbranched alkanes of at least 4 members (excludes halogenated alkanes) is 1. The molecule has 1 heterocycles. The van der Waals surface area contributed by atoms with Crippen molar-refractivity contribution in [1.29, 1.82) is 0 Å². The molecule has 2 nitrogen and oxygen atoms in total. The van der Waals surface area contributed by atoms with Gasteiger partial charge in [-0.05, 0) is 89.2 Å². The standard InChI is InChI=1S/C19H30N2/c1-4-20-17(3)19-12-9-11-18(16(19)2)10-5-6-13-21-14-7-8-15-21/h9,11-12H,4-8,10,13-15H2,1-3H3. The van der Waals surface area contributed by atoms with Gasteiger partial charge in [0.25, 0.3) is 0 Å². The maximum Gasteiger partial charge on any atom is 0.0392 e. The van der Waals surface area contributed by atoms with Crippen LogP contribution in [0.4, 0.5) is 0 Å². The molecule has 21 heavy (non-hydrogen) atoms. The maximum absolute atomic E-state index is 4.56. The summed E-state index contributed by atoms with van der Waals surface area (Å²) in [7, 11) is 0. The van der Waals surface area contributed by atoms with Crippen LogP contribution in [-0.2, 0) is 6.42 Å². The first-order chi connectivity index (χ1) is 10.2. The van der Waals surface area contributed by atoms with Gasteiger partial charge in [0.1, 0.15) is 0 Å². The molecule has 0 radical (unpaired) electrons. The Balaban J connectivity index is 1.88. The molecule has 0 saturated carbocycles. The molecular weight excluding hydrogens is 256 g/mol. The van der Waals surface area contributed by atoms with Gasteiger partial charge >= 0.3 is 0 Å². The number of hydrogen-bond donors (Lipinski definition) is 0. The Bertz CT molecular complexity index is 470. The summed E-state index contributed by atoms with van der Waals surface area (Å²) in [6.07, 6.45) is 6.62. The van der Waals surface area contributed by atoms with E-state index in [1.165, 1.54) is 74.1 Å². The average Bonchev–Trinajstić information content (AvgIpc) is 2.98. The van der Waals surface area contributed by atoms with Crippen molar-refractivity contribution in [3.63, 3.8) is 0 Å². The zero-order chi connectivity index (χ0) is 15.1. The molecule has 1 saturated heterocycles. The second kappa shape index (κ2) is 8.33. The highest BCUT2D eigenvalue weighted by atomic mass is 15.1. The highest BCUT2D eigenvalue weighted by Crippen LogP contribution is 2.18. The van der Waals surface area contributed by atoms with Crippen LogP contribution in [0.5, 0.6) is 0 Å². The van der Waals surface area contributed by atoms with Gasteiger partial charge in [0.2, 0.25) is 0 Å². The number of likely N-dealkylation sites (tertiary alicyclic amines) is 1. The van der Waals surface area contributed by atoms with Crippen LogP contribution < -0.4 is 0 Å². The molecule has 2 rings (SSSR count). The molecule has 1 fully saturated rings. The molecule has 0 aliphatic carbocycles. The predicted molar refractivity (Wildman–Crippen MR) is 92.5 cm³/mol. The number of hydrogen-bond acceptors (Lipinski definition) is 2. The topological polar surface area (TPSA) is 15.6 Å². The van der Waals surface area contributed by atoms with Crippen molar-refractivity contribution in [1.82, 2.24) is 4.90 Å². The predicted octanol–water partition coefficient (Wildman–Crippen LogP) is 4.24. The van der Waals surface area contributed by atoms with Gasteiger partial charge in [0, 0.05) is 12.3 Å². The third-order valence-corrected chi connectivity index (χ3v) is 4.60. The zero-order valence-corrected chi connectivity index (χ0v) is 14.0. The molecule has 1 aromatic rings. The van der Waals surface area contributed by atoms with Crippen LogP contribution >= 0.6 is 0 Å². The fraction of sp³-hybridized carbons (Fsp3) is 0.632. The van der Waals surface area contributed by atoms with Crippen molar-refractivity contribution in [2.75, 3.05) is 26.2 Å². The summed E-state index contributed by atoms with van der Waals surface area (Å²) in [6.45, 7) is 11.3. The first kappa shape index (κ1) is 16.2. The van der Waals surface area contributed by atoms with Crippen LogP contribution in [0.1, 0.15) is 56.2 Å². The number of aryl methyl sites for hydroxylation is 1. The lowest BCUT2D eigenvalue weighted by atomic mass is 9.96. The van der Waals surface area contributed by atoms with E-state index in [1.807, 2.05) is 0 Å². The van der Waals surface area contributed by atoms with Gasteiger partial charge in [-0.1, -0.05) is 18.2 Å². The van der Waals surface area contributed by atoms with Gasteiger partial charge in [-0.15, -0.1) is 0 Å². The Morgan fingerprint density at radius 1 is 1.19 bits per heavy atom. The van der Waals surface area contributed by atoms with Gasteiger partial charge in [0.15, 0.2) is 0 Å². The lowest BCUT2D eigenvalue weighted by Crippen LogP contribution is -2.20.